The van der Waals surface area contributed by atoms with Crippen molar-refractivity contribution in [1.82, 2.24) is 20.5 Å². The van der Waals surface area contributed by atoms with Gasteiger partial charge in [0, 0.05) is 25.8 Å². The lowest BCUT2D eigenvalue weighted by Crippen LogP contribution is -2.61. The van der Waals surface area contributed by atoms with E-state index in [0.717, 1.165) is 5.56 Å². The molecule has 3 N–H and O–H groups in total. The van der Waals surface area contributed by atoms with Gasteiger partial charge in [-0.2, -0.15) is 0 Å². The highest BCUT2D eigenvalue weighted by Gasteiger charge is 2.33. The molecule has 1 aliphatic heterocycles. The Morgan fingerprint density at radius 1 is 1.23 bits per heavy atom. The molecule has 1 aromatic heterocycles. The highest BCUT2D eigenvalue weighted by molar-refractivity contribution is 6.39. The number of carbonyl (C=O) groups excluding carboxylic acids is 3. The number of aryl methyl sites for hydroxylation is 1. The summed E-state index contributed by atoms with van der Waals surface area (Å²) in [6.45, 7) is 12.8. The van der Waals surface area contributed by atoms with Crippen molar-refractivity contribution in [2.75, 3.05) is 25.0 Å². The predicted molar refractivity (Wildman–Crippen MR) is 114 cm³/mol. The SMILES string of the molecule is C=CCN1CC[C@H](NC(=O)C(=O)Nc2ccc(C)cn2)[C@H](NC(=O)OC(C)(C)C)C1. The van der Waals surface area contributed by atoms with Crippen molar-refractivity contribution in [3.63, 3.8) is 0 Å². The fourth-order valence-corrected chi connectivity index (χ4v) is 3.09. The summed E-state index contributed by atoms with van der Waals surface area (Å²) in [5.41, 5.74) is 0.305. The zero-order valence-corrected chi connectivity index (χ0v) is 18.0. The van der Waals surface area contributed by atoms with Crippen LogP contribution >= 0.6 is 0 Å². The van der Waals surface area contributed by atoms with Crippen LogP contribution in [-0.4, -0.2) is 65.1 Å². The maximum Gasteiger partial charge on any atom is 0.407 e. The standard InChI is InChI=1S/C21H31N5O4/c1-6-10-26-11-9-15(16(13-26)24-20(29)30-21(3,4)5)23-18(27)19(28)25-17-8-7-14(2)12-22-17/h6-8,12,15-16H,1,9-11,13H2,2-5H3,(H,23,27)(H,24,29)(H,22,25,28)/t15-,16+/m0/s1. The van der Waals surface area contributed by atoms with E-state index in [-0.39, 0.29) is 0 Å². The molecule has 0 bridgehead atoms. The maximum atomic E-state index is 12.4. The first-order chi connectivity index (χ1) is 14.1. The van der Waals surface area contributed by atoms with Gasteiger partial charge in [0.25, 0.3) is 0 Å². The lowest BCUT2D eigenvalue weighted by molar-refractivity contribution is -0.137. The van der Waals surface area contributed by atoms with E-state index in [4.69, 9.17) is 4.74 Å². The number of amides is 3. The van der Waals surface area contributed by atoms with Crippen LogP contribution in [-0.2, 0) is 14.3 Å². The zero-order chi connectivity index (χ0) is 22.3. The van der Waals surface area contributed by atoms with Gasteiger partial charge in [-0.1, -0.05) is 12.1 Å². The van der Waals surface area contributed by atoms with E-state index < -0.39 is 35.6 Å². The van der Waals surface area contributed by atoms with E-state index in [0.29, 0.717) is 31.9 Å². The summed E-state index contributed by atoms with van der Waals surface area (Å²) in [5, 5.41) is 8.02. The molecule has 0 saturated carbocycles. The molecule has 0 unspecified atom stereocenters. The van der Waals surface area contributed by atoms with E-state index in [1.165, 1.54) is 0 Å². The first-order valence-corrected chi connectivity index (χ1v) is 9.94. The largest absolute Gasteiger partial charge is 0.444 e. The molecule has 2 rings (SSSR count). The molecule has 1 fully saturated rings. The molecule has 1 aliphatic rings. The summed E-state index contributed by atoms with van der Waals surface area (Å²) >= 11 is 0. The second-order valence-corrected chi connectivity index (χ2v) is 8.34. The third kappa shape index (κ3) is 7.47. The van der Waals surface area contributed by atoms with Crippen LogP contribution < -0.4 is 16.0 Å². The van der Waals surface area contributed by atoms with Crippen molar-refractivity contribution in [3.8, 4) is 0 Å². The van der Waals surface area contributed by atoms with Gasteiger partial charge in [0.1, 0.15) is 11.4 Å². The molecule has 1 saturated heterocycles. The van der Waals surface area contributed by atoms with Crippen LogP contribution in [0.3, 0.4) is 0 Å². The van der Waals surface area contributed by atoms with E-state index in [1.54, 1.807) is 45.2 Å². The first-order valence-electron chi connectivity index (χ1n) is 9.94. The molecular weight excluding hydrogens is 386 g/mol. The maximum absolute atomic E-state index is 12.4. The van der Waals surface area contributed by atoms with Crippen molar-refractivity contribution in [2.24, 2.45) is 0 Å². The number of piperidine rings is 1. The van der Waals surface area contributed by atoms with Crippen LogP contribution in [0.5, 0.6) is 0 Å². The van der Waals surface area contributed by atoms with Gasteiger partial charge in [-0.15, -0.1) is 6.58 Å². The molecule has 9 nitrogen and oxygen atoms in total. The number of ether oxygens (including phenoxy) is 1. The van der Waals surface area contributed by atoms with E-state index >= 15 is 0 Å². The van der Waals surface area contributed by atoms with Gasteiger partial charge >= 0.3 is 17.9 Å². The third-order valence-electron chi connectivity index (χ3n) is 4.46. The summed E-state index contributed by atoms with van der Waals surface area (Å²) in [6, 6.07) is 2.59. The number of pyridine rings is 1. The first kappa shape index (κ1) is 23.3. The van der Waals surface area contributed by atoms with Gasteiger partial charge in [-0.25, -0.2) is 9.78 Å². The monoisotopic (exact) mass is 417 g/mol. The van der Waals surface area contributed by atoms with E-state index in [1.807, 2.05) is 6.92 Å². The Labute approximate surface area is 177 Å². The zero-order valence-electron chi connectivity index (χ0n) is 18.0. The number of nitrogens with one attached hydrogen (secondary N) is 3. The van der Waals surface area contributed by atoms with Crippen molar-refractivity contribution < 1.29 is 19.1 Å². The van der Waals surface area contributed by atoms with Crippen LogP contribution in [0, 0.1) is 6.92 Å². The normalized spacial score (nSPS) is 19.5. The number of nitrogens with zero attached hydrogens (tertiary/aromatic N) is 2. The van der Waals surface area contributed by atoms with E-state index in [2.05, 4.69) is 32.4 Å². The molecule has 0 aliphatic carbocycles. The number of alkyl carbamates (subject to hydrolysis) is 1. The molecule has 1 aromatic rings. The number of aromatic nitrogens is 1. The Bertz CT molecular complexity index is 773. The van der Waals surface area contributed by atoms with E-state index in [9.17, 15) is 14.4 Å². The van der Waals surface area contributed by atoms with Crippen LogP contribution in [0.1, 0.15) is 32.8 Å². The van der Waals surface area contributed by atoms with Gasteiger partial charge in [-0.05, 0) is 45.7 Å². The molecule has 2 heterocycles. The Kier molecular flexibility index (Phi) is 7.93. The molecule has 0 radical (unpaired) electrons. The number of hydrogen-bond acceptors (Lipinski definition) is 6. The predicted octanol–water partition coefficient (Wildman–Crippen LogP) is 1.60. The Balaban J connectivity index is 2.01. The third-order valence-corrected chi connectivity index (χ3v) is 4.46. The molecule has 0 aromatic carbocycles. The minimum Gasteiger partial charge on any atom is -0.444 e. The summed E-state index contributed by atoms with van der Waals surface area (Å²) in [7, 11) is 0. The number of rotatable bonds is 5. The Hall–Kier alpha value is -2.94. The van der Waals surface area contributed by atoms with Crippen LogP contribution in [0.25, 0.3) is 0 Å². The summed E-state index contributed by atoms with van der Waals surface area (Å²) in [5.74, 6) is -1.29. The van der Waals surface area contributed by atoms with Gasteiger partial charge in [-0.3, -0.25) is 14.5 Å². The number of hydrogen-bond donors (Lipinski definition) is 3. The smallest absolute Gasteiger partial charge is 0.407 e. The number of carbonyl (C=O) groups is 3. The average Bonchev–Trinajstić information content (AvgIpc) is 2.64. The summed E-state index contributed by atoms with van der Waals surface area (Å²) < 4.78 is 5.34. The molecule has 2 atom stereocenters. The van der Waals surface area contributed by atoms with Crippen LogP contribution in [0.4, 0.5) is 10.6 Å². The van der Waals surface area contributed by atoms with Gasteiger partial charge in [0.15, 0.2) is 0 Å². The van der Waals surface area contributed by atoms with Gasteiger partial charge in [0.05, 0.1) is 12.1 Å². The highest BCUT2D eigenvalue weighted by Crippen LogP contribution is 2.14. The molecule has 0 spiro atoms. The Morgan fingerprint density at radius 2 is 1.97 bits per heavy atom. The molecule has 30 heavy (non-hydrogen) atoms. The summed E-state index contributed by atoms with van der Waals surface area (Å²) in [6.07, 6.45) is 3.38. The van der Waals surface area contributed by atoms with Crippen molar-refractivity contribution in [3.05, 3.63) is 36.5 Å². The van der Waals surface area contributed by atoms with Crippen molar-refractivity contribution in [2.45, 2.75) is 51.8 Å². The number of likely N-dealkylation sites (tertiary alicyclic amines) is 1. The highest BCUT2D eigenvalue weighted by atomic mass is 16.6. The van der Waals surface area contributed by atoms with Gasteiger partial charge in [0.2, 0.25) is 0 Å². The Morgan fingerprint density at radius 3 is 2.57 bits per heavy atom. The van der Waals surface area contributed by atoms with Crippen molar-refractivity contribution >= 4 is 23.7 Å². The fourth-order valence-electron chi connectivity index (χ4n) is 3.09. The topological polar surface area (TPSA) is 113 Å². The summed E-state index contributed by atoms with van der Waals surface area (Å²) in [4.78, 5) is 43.1. The molecule has 3 amide bonds. The lowest BCUT2D eigenvalue weighted by Gasteiger charge is -2.38. The number of anilines is 1. The average molecular weight is 418 g/mol. The minimum absolute atomic E-state index is 0.296. The molecule has 164 valence electrons. The fraction of sp³-hybridized carbons (Fsp3) is 0.524. The minimum atomic E-state index is -0.809. The lowest BCUT2D eigenvalue weighted by atomic mass is 9.99. The van der Waals surface area contributed by atoms with Crippen LogP contribution in [0.15, 0.2) is 31.0 Å². The van der Waals surface area contributed by atoms with Crippen molar-refractivity contribution in [1.29, 1.82) is 0 Å². The second kappa shape index (κ2) is 10.2. The molecular formula is C21H31N5O4. The quantitative estimate of drug-likeness (QED) is 0.496. The molecule has 9 heteroatoms. The second-order valence-electron chi connectivity index (χ2n) is 8.34. The van der Waals surface area contributed by atoms with Gasteiger partial charge < -0.3 is 20.7 Å². The van der Waals surface area contributed by atoms with Crippen LogP contribution in [0.2, 0.25) is 0 Å².